The van der Waals surface area contributed by atoms with Crippen LogP contribution in [0.2, 0.25) is 0 Å². The Kier molecular flexibility index (Phi) is 6.28. The summed E-state index contributed by atoms with van der Waals surface area (Å²) < 4.78 is 16.0. The van der Waals surface area contributed by atoms with Gasteiger partial charge in [-0.3, -0.25) is 19.1 Å². The number of Topliss-reactive ketones (excluding diaryl/α,β-unsaturated/α-hetero) is 1. The summed E-state index contributed by atoms with van der Waals surface area (Å²) in [4.78, 5) is 49.2. The molecule has 0 spiro atoms. The highest BCUT2D eigenvalue weighted by molar-refractivity contribution is 6.06. The molecule has 2 aliphatic carbocycles. The van der Waals surface area contributed by atoms with Crippen molar-refractivity contribution in [2.45, 2.75) is 65.1 Å². The van der Waals surface area contributed by atoms with Gasteiger partial charge in [0.2, 0.25) is 11.8 Å². The third-order valence-corrected chi connectivity index (χ3v) is 8.21. The summed E-state index contributed by atoms with van der Waals surface area (Å²) in [6, 6.07) is 4.98. The highest BCUT2D eigenvalue weighted by Gasteiger charge is 2.56. The molecule has 0 radical (unpaired) electrons. The number of nitrogens with zero attached hydrogens (tertiary/aromatic N) is 5. The van der Waals surface area contributed by atoms with Crippen LogP contribution < -0.4 is 5.32 Å². The number of fused-ring (bicyclic) bond motifs is 2. The Balaban J connectivity index is 1.22. The largest absolute Gasteiger partial charge is 0.348 e. The Morgan fingerprint density at radius 2 is 1.82 bits per heavy atom. The molecule has 10 heteroatoms. The highest BCUT2D eigenvalue weighted by Crippen LogP contribution is 2.48. The number of nitrogens with one attached hydrogen (secondary N) is 1. The molecule has 9 nitrogen and oxygen atoms in total. The highest BCUT2D eigenvalue weighted by atomic mass is 19.1. The maximum atomic E-state index is 14.5. The van der Waals surface area contributed by atoms with E-state index in [1.165, 1.54) is 11.6 Å². The van der Waals surface area contributed by atoms with Gasteiger partial charge in [0.05, 0.1) is 12.1 Å². The number of allylic oxidation sites excluding steroid dienone is 1. The average Bonchev–Trinajstić information content (AvgIpc) is 3.85. The molecule has 3 aliphatic rings. The van der Waals surface area contributed by atoms with Crippen molar-refractivity contribution in [1.29, 1.82) is 0 Å². The molecule has 3 fully saturated rings. The van der Waals surface area contributed by atoms with Crippen LogP contribution in [0.15, 0.2) is 42.0 Å². The number of carbonyl (C=O) groups is 3. The van der Waals surface area contributed by atoms with Gasteiger partial charge in [0.25, 0.3) is 0 Å². The number of benzene rings is 1. The van der Waals surface area contributed by atoms with E-state index in [0.717, 1.165) is 30.4 Å². The summed E-state index contributed by atoms with van der Waals surface area (Å²) in [5.74, 6) is 0.195. The second-order valence-corrected chi connectivity index (χ2v) is 11.0. The van der Waals surface area contributed by atoms with E-state index in [4.69, 9.17) is 0 Å². The van der Waals surface area contributed by atoms with Gasteiger partial charge in [-0.15, -0.1) is 0 Å². The molecule has 3 atom stereocenters. The summed E-state index contributed by atoms with van der Waals surface area (Å²) in [6.45, 7) is 4.80. The number of halogens is 1. The van der Waals surface area contributed by atoms with Crippen molar-refractivity contribution in [1.82, 2.24) is 30.0 Å². The van der Waals surface area contributed by atoms with Gasteiger partial charge in [-0.2, -0.15) is 5.10 Å². The van der Waals surface area contributed by atoms with Crippen LogP contribution >= 0.6 is 0 Å². The lowest BCUT2D eigenvalue weighted by molar-refractivity contribution is -0.140. The molecule has 0 unspecified atom stereocenters. The van der Waals surface area contributed by atoms with Gasteiger partial charge in [-0.1, -0.05) is 6.07 Å². The molecule has 1 saturated heterocycles. The average molecular weight is 531 g/mol. The second-order valence-electron chi connectivity index (χ2n) is 11.0. The van der Waals surface area contributed by atoms with Gasteiger partial charge >= 0.3 is 0 Å². The van der Waals surface area contributed by atoms with E-state index >= 15 is 0 Å². The summed E-state index contributed by atoms with van der Waals surface area (Å²) >= 11 is 0. The van der Waals surface area contributed by atoms with Crippen molar-refractivity contribution >= 4 is 28.5 Å². The van der Waals surface area contributed by atoms with E-state index in [9.17, 15) is 18.8 Å². The van der Waals surface area contributed by atoms with Crippen molar-refractivity contribution in [2.75, 3.05) is 6.54 Å². The van der Waals surface area contributed by atoms with Crippen molar-refractivity contribution in [3.8, 4) is 11.1 Å². The number of aryl methyl sites for hydroxylation is 1. The number of ketones is 1. The zero-order valence-corrected chi connectivity index (χ0v) is 22.3. The number of hydrogen-bond donors (Lipinski definition) is 1. The lowest BCUT2D eigenvalue weighted by Crippen LogP contribution is -2.49. The molecule has 0 bridgehead atoms. The number of likely N-dealkylation sites (tertiary alicyclic amines) is 1. The topological polar surface area (TPSA) is 110 Å². The minimum absolute atomic E-state index is 0.0177. The molecule has 2 saturated carbocycles. The van der Waals surface area contributed by atoms with Crippen LogP contribution in [0.3, 0.4) is 0 Å². The standard InChI is InChI=1S/C29H31FN6O3/c1-15(18-4-5-18)23(30)13-33-29(39)26-10-20-9-25(20)36(26)27(38)14-35-24-7-6-19(21-11-31-17(3)32-12-21)8-22(24)28(34-35)16(2)37/h6-8,11-12,18,20,25-26H,4-5,9-10,13-14H2,1-3H3,(H,33,39)/b23-15+/t20-,25-,26+/m1/s1. The van der Waals surface area contributed by atoms with Gasteiger partial charge in [0, 0.05) is 36.3 Å². The minimum atomic E-state index is -0.627. The maximum absolute atomic E-state index is 14.5. The zero-order valence-electron chi connectivity index (χ0n) is 22.3. The first-order chi connectivity index (χ1) is 18.7. The minimum Gasteiger partial charge on any atom is -0.348 e. The molecular formula is C29H31FN6O3. The number of rotatable bonds is 8. The van der Waals surface area contributed by atoms with Crippen LogP contribution in [-0.4, -0.2) is 60.9 Å². The summed E-state index contributed by atoms with van der Waals surface area (Å²) in [5, 5.41) is 7.84. The van der Waals surface area contributed by atoms with Crippen LogP contribution in [0, 0.1) is 18.8 Å². The normalized spacial score (nSPS) is 22.5. The molecule has 39 heavy (non-hydrogen) atoms. The van der Waals surface area contributed by atoms with E-state index in [1.807, 2.05) is 25.1 Å². The maximum Gasteiger partial charge on any atom is 0.245 e. The molecule has 3 aromatic rings. The zero-order chi connectivity index (χ0) is 27.4. The number of carbonyl (C=O) groups excluding carboxylic acids is 3. The van der Waals surface area contributed by atoms with Crippen LogP contribution in [0.4, 0.5) is 4.39 Å². The van der Waals surface area contributed by atoms with Crippen LogP contribution in [0.25, 0.3) is 22.0 Å². The summed E-state index contributed by atoms with van der Waals surface area (Å²) in [5.41, 5.74) is 3.29. The van der Waals surface area contributed by atoms with Crippen molar-refractivity contribution < 1.29 is 18.8 Å². The molecule has 1 aromatic carbocycles. The fourth-order valence-electron chi connectivity index (χ4n) is 5.70. The third-order valence-electron chi connectivity index (χ3n) is 8.21. The SMILES string of the molecule is CC(=O)c1nn(CC(=O)N2[C@@H]3C[C@@H]3C[C@H]2C(=O)NC/C(F)=C(/C)C2CC2)c2ccc(-c3cnc(C)nc3)cc12. The van der Waals surface area contributed by atoms with Crippen molar-refractivity contribution in [2.24, 2.45) is 11.8 Å². The predicted molar refractivity (Wildman–Crippen MR) is 142 cm³/mol. The van der Waals surface area contributed by atoms with Gasteiger partial charge < -0.3 is 10.2 Å². The Bertz CT molecular complexity index is 1520. The lowest BCUT2D eigenvalue weighted by atomic mass is 10.0. The van der Waals surface area contributed by atoms with Crippen molar-refractivity contribution in [3.05, 3.63) is 53.5 Å². The fourth-order valence-corrected chi connectivity index (χ4v) is 5.70. The van der Waals surface area contributed by atoms with Crippen LogP contribution in [0.5, 0.6) is 0 Å². The third kappa shape index (κ3) is 4.84. The first-order valence-electron chi connectivity index (χ1n) is 13.5. The number of piperidine rings is 1. The number of amides is 2. The second kappa shape index (κ2) is 9.66. The summed E-state index contributed by atoms with van der Waals surface area (Å²) in [6.07, 6.45) is 6.89. The van der Waals surface area contributed by atoms with Gasteiger partial charge in [-0.25, -0.2) is 14.4 Å². The smallest absolute Gasteiger partial charge is 0.245 e. The monoisotopic (exact) mass is 530 g/mol. The fraction of sp³-hybridized carbons (Fsp3) is 0.448. The Morgan fingerprint density at radius 1 is 1.08 bits per heavy atom. The molecule has 1 N–H and O–H groups in total. The van der Waals surface area contributed by atoms with E-state index in [2.05, 4.69) is 20.4 Å². The Labute approximate surface area is 225 Å². The van der Waals surface area contributed by atoms with Crippen LogP contribution in [-0.2, 0) is 16.1 Å². The van der Waals surface area contributed by atoms with Gasteiger partial charge in [0.15, 0.2) is 5.78 Å². The van der Waals surface area contributed by atoms with Gasteiger partial charge in [-0.05, 0) is 74.6 Å². The number of hydrogen-bond acceptors (Lipinski definition) is 6. The molecule has 202 valence electrons. The Hall–Kier alpha value is -3.95. The molecule has 2 aromatic heterocycles. The molecular weight excluding hydrogens is 499 g/mol. The lowest BCUT2D eigenvalue weighted by Gasteiger charge is -2.27. The molecule has 3 heterocycles. The van der Waals surface area contributed by atoms with E-state index in [0.29, 0.717) is 40.6 Å². The van der Waals surface area contributed by atoms with E-state index < -0.39 is 6.04 Å². The molecule has 1 aliphatic heterocycles. The van der Waals surface area contributed by atoms with Crippen molar-refractivity contribution in [3.63, 3.8) is 0 Å². The molecule has 2 amide bonds. The first kappa shape index (κ1) is 25.3. The Morgan fingerprint density at radius 3 is 2.51 bits per heavy atom. The quantitative estimate of drug-likeness (QED) is 0.444. The first-order valence-corrected chi connectivity index (χ1v) is 13.5. The predicted octanol–water partition coefficient (Wildman–Crippen LogP) is 3.76. The summed E-state index contributed by atoms with van der Waals surface area (Å²) in [7, 11) is 0. The van der Waals surface area contributed by atoms with E-state index in [-0.39, 0.29) is 48.2 Å². The van der Waals surface area contributed by atoms with E-state index in [1.54, 1.807) is 24.2 Å². The van der Waals surface area contributed by atoms with Gasteiger partial charge in [0.1, 0.15) is 29.9 Å². The number of aromatic nitrogens is 4. The molecule has 6 rings (SSSR count). The van der Waals surface area contributed by atoms with Crippen LogP contribution in [0.1, 0.15) is 55.8 Å².